The normalized spacial score (nSPS) is 13.9. The zero-order valence-electron chi connectivity index (χ0n) is 12.1. The Balaban J connectivity index is 1.85. The highest BCUT2D eigenvalue weighted by Crippen LogP contribution is 2.22. The second-order valence-corrected chi connectivity index (χ2v) is 5.74. The van der Waals surface area contributed by atoms with Gasteiger partial charge in [0, 0.05) is 17.1 Å². The Kier molecular flexibility index (Phi) is 5.63. The van der Waals surface area contributed by atoms with E-state index in [0.717, 1.165) is 17.9 Å². The fourth-order valence-electron chi connectivity index (χ4n) is 2.45. The number of aryl methyl sites for hydroxylation is 1. The lowest BCUT2D eigenvalue weighted by Gasteiger charge is -2.21. The van der Waals surface area contributed by atoms with Gasteiger partial charge in [-0.2, -0.15) is 0 Å². The molecule has 20 heavy (non-hydrogen) atoms. The van der Waals surface area contributed by atoms with Crippen LogP contribution in [0.3, 0.4) is 0 Å². The molecule has 106 valence electrons. The van der Waals surface area contributed by atoms with Crippen molar-refractivity contribution < 1.29 is 0 Å². The molecular weight excluding hydrogens is 266 g/mol. The van der Waals surface area contributed by atoms with Gasteiger partial charge in [-0.05, 0) is 43.9 Å². The number of nitrogens with one attached hydrogen (secondary N) is 1. The van der Waals surface area contributed by atoms with Crippen molar-refractivity contribution in [2.45, 2.75) is 38.8 Å². The smallest absolute Gasteiger partial charge is 0.0453 e. The quantitative estimate of drug-likeness (QED) is 0.787. The summed E-state index contributed by atoms with van der Waals surface area (Å²) in [4.78, 5) is 0. The van der Waals surface area contributed by atoms with Crippen molar-refractivity contribution in [1.29, 1.82) is 0 Å². The Hall–Kier alpha value is -1.31. The van der Waals surface area contributed by atoms with Crippen molar-refractivity contribution in [2.24, 2.45) is 0 Å². The Labute approximate surface area is 127 Å². The Morgan fingerprint density at radius 2 is 1.60 bits per heavy atom. The van der Waals surface area contributed by atoms with Gasteiger partial charge in [0.2, 0.25) is 0 Å². The van der Waals surface area contributed by atoms with E-state index < -0.39 is 0 Å². The first-order chi connectivity index (χ1) is 9.66. The van der Waals surface area contributed by atoms with Gasteiger partial charge < -0.3 is 5.32 Å². The fourth-order valence-corrected chi connectivity index (χ4v) is 2.75. The average molecular weight is 288 g/mol. The molecule has 0 aromatic heterocycles. The van der Waals surface area contributed by atoms with Crippen LogP contribution in [0.5, 0.6) is 0 Å². The summed E-state index contributed by atoms with van der Waals surface area (Å²) in [6, 6.07) is 19.4. The SMILES string of the molecule is CC(CCc1ccccc1)N[C@H](C)c1ccccc1Cl. The highest BCUT2D eigenvalue weighted by molar-refractivity contribution is 6.31. The van der Waals surface area contributed by atoms with Gasteiger partial charge in [-0.1, -0.05) is 60.1 Å². The predicted molar refractivity (Wildman–Crippen MR) is 87.2 cm³/mol. The van der Waals surface area contributed by atoms with Crippen molar-refractivity contribution in [3.63, 3.8) is 0 Å². The van der Waals surface area contributed by atoms with Crippen LogP contribution < -0.4 is 5.32 Å². The minimum Gasteiger partial charge on any atom is -0.308 e. The fraction of sp³-hybridized carbons (Fsp3) is 0.333. The third kappa shape index (κ3) is 4.36. The standard InChI is InChI=1S/C18H22ClN/c1-14(12-13-16-8-4-3-5-9-16)20-15(2)17-10-6-7-11-18(17)19/h3-11,14-15,20H,12-13H2,1-2H3/t14?,15-/m1/s1. The van der Waals surface area contributed by atoms with Crippen molar-refractivity contribution in [3.8, 4) is 0 Å². The lowest BCUT2D eigenvalue weighted by Crippen LogP contribution is -2.29. The van der Waals surface area contributed by atoms with Gasteiger partial charge >= 0.3 is 0 Å². The molecule has 0 saturated heterocycles. The van der Waals surface area contributed by atoms with Crippen LogP contribution in [0.2, 0.25) is 5.02 Å². The van der Waals surface area contributed by atoms with E-state index in [1.54, 1.807) is 0 Å². The summed E-state index contributed by atoms with van der Waals surface area (Å²) in [5.41, 5.74) is 2.56. The van der Waals surface area contributed by atoms with Crippen LogP contribution in [-0.2, 0) is 6.42 Å². The maximum Gasteiger partial charge on any atom is 0.0453 e. The number of hydrogen-bond acceptors (Lipinski definition) is 1. The summed E-state index contributed by atoms with van der Waals surface area (Å²) in [6.45, 7) is 4.40. The van der Waals surface area contributed by atoms with Crippen molar-refractivity contribution in [3.05, 3.63) is 70.7 Å². The molecule has 0 heterocycles. The van der Waals surface area contributed by atoms with E-state index in [9.17, 15) is 0 Å². The van der Waals surface area contributed by atoms with Crippen LogP contribution in [0.15, 0.2) is 54.6 Å². The van der Waals surface area contributed by atoms with Gasteiger partial charge in [-0.25, -0.2) is 0 Å². The molecule has 2 heteroatoms. The third-order valence-corrected chi connectivity index (χ3v) is 3.96. The number of rotatable bonds is 6. The summed E-state index contributed by atoms with van der Waals surface area (Å²) < 4.78 is 0. The van der Waals surface area contributed by atoms with Crippen LogP contribution in [-0.4, -0.2) is 6.04 Å². The molecule has 0 amide bonds. The molecule has 0 aliphatic carbocycles. The summed E-state index contributed by atoms with van der Waals surface area (Å²) >= 11 is 6.24. The molecule has 1 unspecified atom stereocenters. The summed E-state index contributed by atoms with van der Waals surface area (Å²) in [6.07, 6.45) is 2.23. The van der Waals surface area contributed by atoms with Crippen LogP contribution in [0, 0.1) is 0 Å². The number of benzene rings is 2. The first-order valence-electron chi connectivity index (χ1n) is 7.21. The Bertz CT molecular complexity index is 524. The van der Waals surface area contributed by atoms with E-state index in [2.05, 4.69) is 55.6 Å². The number of halogens is 1. The molecule has 0 radical (unpaired) electrons. The molecule has 1 nitrogen and oxygen atoms in total. The molecule has 1 N–H and O–H groups in total. The van der Waals surface area contributed by atoms with E-state index in [1.807, 2.05) is 18.2 Å². The molecule has 0 bridgehead atoms. The van der Waals surface area contributed by atoms with Gasteiger partial charge in [0.05, 0.1) is 0 Å². The van der Waals surface area contributed by atoms with Gasteiger partial charge in [0.15, 0.2) is 0 Å². The van der Waals surface area contributed by atoms with E-state index in [0.29, 0.717) is 6.04 Å². The van der Waals surface area contributed by atoms with Gasteiger partial charge in [-0.3, -0.25) is 0 Å². The zero-order chi connectivity index (χ0) is 14.4. The molecule has 2 aromatic rings. The minimum absolute atomic E-state index is 0.273. The molecular formula is C18H22ClN. The summed E-state index contributed by atoms with van der Waals surface area (Å²) in [5, 5.41) is 4.46. The first kappa shape index (κ1) is 15.1. The Morgan fingerprint density at radius 1 is 0.950 bits per heavy atom. The van der Waals surface area contributed by atoms with E-state index in [4.69, 9.17) is 11.6 Å². The van der Waals surface area contributed by atoms with E-state index in [1.165, 1.54) is 11.1 Å². The molecule has 0 spiro atoms. The highest BCUT2D eigenvalue weighted by Gasteiger charge is 2.11. The van der Waals surface area contributed by atoms with E-state index in [-0.39, 0.29) is 6.04 Å². The van der Waals surface area contributed by atoms with Crippen molar-refractivity contribution in [2.75, 3.05) is 0 Å². The molecule has 0 saturated carbocycles. The van der Waals surface area contributed by atoms with Gasteiger partial charge in [0.1, 0.15) is 0 Å². The highest BCUT2D eigenvalue weighted by atomic mass is 35.5. The van der Waals surface area contributed by atoms with Gasteiger partial charge in [-0.15, -0.1) is 0 Å². The lowest BCUT2D eigenvalue weighted by atomic mass is 10.0. The molecule has 0 aliphatic rings. The van der Waals surface area contributed by atoms with Crippen LogP contribution in [0.1, 0.15) is 37.4 Å². The first-order valence-corrected chi connectivity index (χ1v) is 7.59. The van der Waals surface area contributed by atoms with Gasteiger partial charge in [0.25, 0.3) is 0 Å². The lowest BCUT2D eigenvalue weighted by molar-refractivity contribution is 0.456. The monoisotopic (exact) mass is 287 g/mol. The van der Waals surface area contributed by atoms with Crippen molar-refractivity contribution in [1.82, 2.24) is 5.32 Å². The second-order valence-electron chi connectivity index (χ2n) is 5.34. The Morgan fingerprint density at radius 3 is 2.30 bits per heavy atom. The summed E-state index contributed by atoms with van der Waals surface area (Å²) in [7, 11) is 0. The largest absolute Gasteiger partial charge is 0.308 e. The maximum absolute atomic E-state index is 6.24. The number of hydrogen-bond donors (Lipinski definition) is 1. The third-order valence-electron chi connectivity index (χ3n) is 3.62. The molecule has 2 rings (SSSR count). The van der Waals surface area contributed by atoms with Crippen molar-refractivity contribution >= 4 is 11.6 Å². The molecule has 2 atom stereocenters. The maximum atomic E-state index is 6.24. The molecule has 0 aliphatic heterocycles. The minimum atomic E-state index is 0.273. The topological polar surface area (TPSA) is 12.0 Å². The van der Waals surface area contributed by atoms with Crippen LogP contribution >= 0.6 is 11.6 Å². The summed E-state index contributed by atoms with van der Waals surface area (Å²) in [5.74, 6) is 0. The molecule has 2 aromatic carbocycles. The van der Waals surface area contributed by atoms with Crippen LogP contribution in [0.25, 0.3) is 0 Å². The van der Waals surface area contributed by atoms with Crippen LogP contribution in [0.4, 0.5) is 0 Å². The average Bonchev–Trinajstić information content (AvgIpc) is 2.46. The zero-order valence-corrected chi connectivity index (χ0v) is 12.9. The van der Waals surface area contributed by atoms with E-state index >= 15 is 0 Å². The molecule has 0 fully saturated rings. The predicted octanol–water partition coefficient (Wildman–Crippen LogP) is 5.01. The second kappa shape index (κ2) is 7.47.